The van der Waals surface area contributed by atoms with Crippen LogP contribution in [0.1, 0.15) is 29.6 Å². The molecule has 1 aromatic carbocycles. The smallest absolute Gasteiger partial charge is 0.342 e. The molecule has 1 aromatic heterocycles. The van der Waals surface area contributed by atoms with Gasteiger partial charge in [0, 0.05) is 45.2 Å². The number of pyridine rings is 1. The molecule has 1 N–H and O–H groups in total. The molecule has 3 aliphatic rings. The molecule has 4 heterocycles. The first-order chi connectivity index (χ1) is 17.1. The van der Waals surface area contributed by atoms with E-state index in [2.05, 4.69) is 4.90 Å². The summed E-state index contributed by atoms with van der Waals surface area (Å²) in [5.41, 5.74) is -0.0450. The van der Waals surface area contributed by atoms with Crippen molar-refractivity contribution in [2.75, 3.05) is 51.2 Å². The average molecular weight is 519 g/mol. The first-order valence-electron chi connectivity index (χ1n) is 11.7. The van der Waals surface area contributed by atoms with Gasteiger partial charge < -0.3 is 29.6 Å². The summed E-state index contributed by atoms with van der Waals surface area (Å²) in [6, 6.07) is 2.81. The Labute approximate surface area is 210 Å². The molecule has 2 aromatic rings. The third-order valence-corrected chi connectivity index (χ3v) is 8.48. The zero-order chi connectivity index (χ0) is 25.9. The third-order valence-electron chi connectivity index (χ3n) is 7.30. The molecule has 192 valence electrons. The Balaban J connectivity index is 1.32. The first-order valence-corrected chi connectivity index (χ1v) is 12.6. The van der Waals surface area contributed by atoms with Crippen LogP contribution in [0.3, 0.4) is 0 Å². The van der Waals surface area contributed by atoms with E-state index in [1.807, 2.05) is 30.7 Å². The first kappa shape index (κ1) is 24.4. The highest BCUT2D eigenvalue weighted by Crippen LogP contribution is 2.46. The monoisotopic (exact) mass is 518 g/mol. The van der Waals surface area contributed by atoms with Crippen molar-refractivity contribution < 1.29 is 19.2 Å². The lowest BCUT2D eigenvalue weighted by molar-refractivity contribution is -0.445. The van der Waals surface area contributed by atoms with Gasteiger partial charge in [-0.05, 0) is 30.9 Å². The number of aromatic nitrogens is 1. The second kappa shape index (κ2) is 8.96. The molecule has 5 rings (SSSR count). The van der Waals surface area contributed by atoms with Crippen molar-refractivity contribution in [3.05, 3.63) is 55.9 Å². The molecule has 0 aliphatic carbocycles. The molecule has 3 aliphatic heterocycles. The minimum atomic E-state index is -1.30. The summed E-state index contributed by atoms with van der Waals surface area (Å²) in [6.07, 6.45) is 1.45. The maximum atomic E-state index is 15.2. The van der Waals surface area contributed by atoms with E-state index in [1.165, 1.54) is 11.8 Å². The minimum absolute atomic E-state index is 0.0542. The number of fused-ring (bicyclic) bond motifs is 3. The number of benzene rings is 1. The van der Waals surface area contributed by atoms with Crippen LogP contribution < -0.4 is 10.3 Å². The van der Waals surface area contributed by atoms with Crippen molar-refractivity contribution in [1.82, 2.24) is 19.3 Å². The predicted octanol–water partition coefficient (Wildman–Crippen LogP) is 2.25. The number of hydrogen-bond donors (Lipinski definition) is 1. The fourth-order valence-corrected chi connectivity index (χ4v) is 6.31. The topological polar surface area (TPSA) is 115 Å². The molecule has 2 atom stereocenters. The van der Waals surface area contributed by atoms with Gasteiger partial charge in [-0.3, -0.25) is 9.69 Å². The van der Waals surface area contributed by atoms with Crippen LogP contribution in [0, 0.1) is 15.9 Å². The van der Waals surface area contributed by atoms with Crippen molar-refractivity contribution in [3.8, 4) is 0 Å². The molecule has 36 heavy (non-hydrogen) atoms. The largest absolute Gasteiger partial charge is 0.477 e. The Morgan fingerprint density at radius 3 is 2.53 bits per heavy atom. The lowest BCUT2D eigenvalue weighted by Crippen LogP contribution is -2.49. The number of aromatic carboxylic acids is 1. The maximum Gasteiger partial charge on any atom is 0.342 e. The van der Waals surface area contributed by atoms with Gasteiger partial charge in [0.25, 0.3) is 0 Å². The number of halogens is 1. The standard InChI is InChI=1S/C23H27FN6O5S/c1-13-25(3)12-19(30(34)35)28(13)9-6-26-4-7-27(8-5-26)18-11-17-15(10-16(18)24)21(31)20(23(32)33)22-29(17)14(2)36-22/h10-14H,4-9H2,1-3H3,(H,32,33). The molecule has 11 nitrogen and oxygen atoms in total. The number of carboxylic acids is 1. The van der Waals surface area contributed by atoms with Crippen LogP contribution in [0.4, 0.5) is 10.1 Å². The number of carbonyl (C=O) groups is 1. The van der Waals surface area contributed by atoms with E-state index in [4.69, 9.17) is 0 Å². The van der Waals surface area contributed by atoms with Gasteiger partial charge in [0.15, 0.2) is 6.17 Å². The van der Waals surface area contributed by atoms with Gasteiger partial charge in [0.05, 0.1) is 27.8 Å². The Morgan fingerprint density at radius 2 is 1.92 bits per heavy atom. The highest BCUT2D eigenvalue weighted by molar-refractivity contribution is 8.00. The number of rotatable bonds is 6. The second-order valence-corrected chi connectivity index (χ2v) is 10.6. The second-order valence-electron chi connectivity index (χ2n) is 9.29. The van der Waals surface area contributed by atoms with Crippen LogP contribution in [0.25, 0.3) is 10.9 Å². The molecule has 0 radical (unpaired) electrons. The summed E-state index contributed by atoms with van der Waals surface area (Å²) in [6.45, 7) is 7.44. The Kier molecular flexibility index (Phi) is 6.07. The normalized spacial score (nSPS) is 22.0. The lowest BCUT2D eigenvalue weighted by atomic mass is 10.1. The summed E-state index contributed by atoms with van der Waals surface area (Å²) in [4.78, 5) is 43.2. The molecular formula is C23H27FN6O5S. The number of nitrogens with zero attached hydrogens (tertiary/aromatic N) is 6. The molecule has 13 heteroatoms. The molecular weight excluding hydrogens is 491 g/mol. The summed E-state index contributed by atoms with van der Waals surface area (Å²) in [7, 11) is 1.81. The highest BCUT2D eigenvalue weighted by atomic mass is 32.2. The number of anilines is 1. The third kappa shape index (κ3) is 3.86. The molecule has 0 amide bonds. The average Bonchev–Trinajstić information content (AvgIpc) is 3.11. The van der Waals surface area contributed by atoms with Crippen molar-refractivity contribution in [3.63, 3.8) is 0 Å². The summed E-state index contributed by atoms with van der Waals surface area (Å²) in [5, 5.41) is 21.3. The van der Waals surface area contributed by atoms with Crippen LogP contribution in [-0.2, 0) is 0 Å². The van der Waals surface area contributed by atoms with Crippen LogP contribution in [0.15, 0.2) is 34.0 Å². The molecule has 1 saturated heterocycles. The number of piperazine rings is 1. The van der Waals surface area contributed by atoms with Crippen molar-refractivity contribution in [2.45, 2.75) is 30.4 Å². The number of thioether (sulfide) groups is 1. The molecule has 0 saturated carbocycles. The summed E-state index contributed by atoms with van der Waals surface area (Å²) < 4.78 is 17.0. The fourth-order valence-electron chi connectivity index (χ4n) is 5.16. The van der Waals surface area contributed by atoms with E-state index in [9.17, 15) is 24.8 Å². The number of nitro groups is 1. The van der Waals surface area contributed by atoms with Crippen LogP contribution >= 0.6 is 11.8 Å². The van der Waals surface area contributed by atoms with E-state index in [-0.39, 0.29) is 33.2 Å². The van der Waals surface area contributed by atoms with Gasteiger partial charge >= 0.3 is 11.8 Å². The number of carboxylic acid groups (broad SMARTS) is 1. The zero-order valence-electron chi connectivity index (χ0n) is 20.2. The van der Waals surface area contributed by atoms with Gasteiger partial charge in [-0.1, -0.05) is 11.8 Å². The van der Waals surface area contributed by atoms with Crippen LogP contribution in [-0.4, -0.2) is 87.7 Å². The van der Waals surface area contributed by atoms with E-state index in [1.54, 1.807) is 21.7 Å². The molecule has 0 bridgehead atoms. The number of hydrogen-bond acceptors (Lipinski definition) is 9. The Morgan fingerprint density at radius 1 is 1.22 bits per heavy atom. The quantitative estimate of drug-likeness (QED) is 0.451. The van der Waals surface area contributed by atoms with Crippen molar-refractivity contribution in [2.24, 2.45) is 0 Å². The minimum Gasteiger partial charge on any atom is -0.477 e. The van der Waals surface area contributed by atoms with Gasteiger partial charge in [-0.15, -0.1) is 0 Å². The van der Waals surface area contributed by atoms with Crippen molar-refractivity contribution in [1.29, 1.82) is 0 Å². The molecule has 1 fully saturated rings. The van der Waals surface area contributed by atoms with E-state index in [0.29, 0.717) is 55.5 Å². The SMILES string of the molecule is CC1N(C)C=C([N+](=O)[O-])N1CCN1CCN(c2cc3c(cc2F)c(=O)c(C(=O)O)c2n3C(C)S2)CC1. The van der Waals surface area contributed by atoms with E-state index in [0.717, 1.165) is 6.07 Å². The van der Waals surface area contributed by atoms with Gasteiger partial charge in [-0.2, -0.15) is 0 Å². The van der Waals surface area contributed by atoms with Crippen LogP contribution in [0.5, 0.6) is 0 Å². The molecule has 0 spiro atoms. The molecule has 2 unspecified atom stereocenters. The summed E-state index contributed by atoms with van der Waals surface area (Å²) >= 11 is 1.32. The van der Waals surface area contributed by atoms with E-state index < -0.39 is 17.2 Å². The highest BCUT2D eigenvalue weighted by Gasteiger charge is 2.36. The van der Waals surface area contributed by atoms with Gasteiger partial charge in [0.1, 0.15) is 17.9 Å². The maximum absolute atomic E-state index is 15.2. The van der Waals surface area contributed by atoms with E-state index >= 15 is 4.39 Å². The van der Waals surface area contributed by atoms with Gasteiger partial charge in [0.2, 0.25) is 5.43 Å². The Bertz CT molecular complexity index is 1350. The van der Waals surface area contributed by atoms with Crippen LogP contribution in [0.2, 0.25) is 0 Å². The zero-order valence-corrected chi connectivity index (χ0v) is 21.0. The fraction of sp³-hybridized carbons (Fsp3) is 0.478. The predicted molar refractivity (Wildman–Crippen MR) is 133 cm³/mol. The van der Waals surface area contributed by atoms with Gasteiger partial charge in [-0.25, -0.2) is 14.1 Å². The van der Waals surface area contributed by atoms with Crippen molar-refractivity contribution >= 4 is 34.3 Å². The Hall–Kier alpha value is -3.32. The lowest BCUT2D eigenvalue weighted by Gasteiger charge is -2.37. The summed E-state index contributed by atoms with van der Waals surface area (Å²) in [5.74, 6) is -1.77.